The van der Waals surface area contributed by atoms with Gasteiger partial charge in [0.2, 0.25) is 5.04 Å². The van der Waals surface area contributed by atoms with E-state index < -0.39 is 5.92 Å². The van der Waals surface area contributed by atoms with Gasteiger partial charge in [-0.1, -0.05) is 36.6 Å². The number of ketones is 1. The van der Waals surface area contributed by atoms with Gasteiger partial charge in [-0.3, -0.25) is 4.79 Å². The average Bonchev–Trinajstić information content (AvgIpc) is 3.79. The second-order valence-electron chi connectivity index (χ2n) is 9.69. The number of thiophene rings is 3. The quantitative estimate of drug-likeness (QED) is 0.0533. The molecule has 0 spiro atoms. The number of hydrogen-bond donors (Lipinski definition) is 2. The predicted octanol–water partition coefficient (Wildman–Crippen LogP) is 7.89. The van der Waals surface area contributed by atoms with Crippen LogP contribution in [0.15, 0.2) is 65.1 Å². The summed E-state index contributed by atoms with van der Waals surface area (Å²) >= 11 is 7.74. The molecule has 218 valence electrons. The molecule has 0 radical (unpaired) electrons. The molecule has 12 heteroatoms. The number of rotatable bonds is 16. The van der Waals surface area contributed by atoms with E-state index >= 15 is 0 Å². The maximum Gasteiger partial charge on any atom is 0.235 e. The summed E-state index contributed by atoms with van der Waals surface area (Å²) in [5, 5.41) is 29.4. The largest absolute Gasteiger partial charge is 0.511 e. The van der Waals surface area contributed by atoms with E-state index in [1.54, 1.807) is 34.4 Å². The Morgan fingerprint density at radius 3 is 2.61 bits per heavy atom. The molecule has 41 heavy (non-hydrogen) atoms. The van der Waals surface area contributed by atoms with Crippen LogP contribution in [0.1, 0.15) is 40.8 Å². The summed E-state index contributed by atoms with van der Waals surface area (Å²) in [6, 6.07) is 12.4. The Balaban J connectivity index is 1.28. The molecule has 2 unspecified atom stereocenters. The fraction of sp³-hybridized carbons (Fsp3) is 0.379. The summed E-state index contributed by atoms with van der Waals surface area (Å²) in [5.74, 6) is 0.366. The van der Waals surface area contributed by atoms with Gasteiger partial charge < -0.3 is 10.0 Å². The van der Waals surface area contributed by atoms with Crippen LogP contribution in [-0.2, 0) is 27.3 Å². The van der Waals surface area contributed by atoms with Crippen LogP contribution in [0.2, 0.25) is 0 Å². The Labute approximate surface area is 260 Å². The number of aliphatic hydroxyl groups excluding tert-OH is 1. The van der Waals surface area contributed by atoms with Gasteiger partial charge >= 0.3 is 0 Å². The first-order chi connectivity index (χ1) is 20.1. The van der Waals surface area contributed by atoms with Crippen molar-refractivity contribution in [2.75, 3.05) is 23.7 Å². The van der Waals surface area contributed by atoms with Gasteiger partial charge in [0.25, 0.3) is 0 Å². The molecule has 2 atom stereocenters. The second-order valence-corrected chi connectivity index (χ2v) is 14.8. The van der Waals surface area contributed by atoms with Crippen molar-refractivity contribution in [3.05, 3.63) is 79.7 Å². The molecule has 5 rings (SSSR count). The van der Waals surface area contributed by atoms with Crippen molar-refractivity contribution in [1.29, 1.82) is 0 Å². The summed E-state index contributed by atoms with van der Waals surface area (Å²) in [6.45, 7) is 5.56. The molecule has 0 aromatic carbocycles. The predicted molar refractivity (Wildman–Crippen MR) is 173 cm³/mol. The van der Waals surface area contributed by atoms with E-state index in [1.807, 2.05) is 18.2 Å². The zero-order chi connectivity index (χ0) is 28.6. The Morgan fingerprint density at radius 1 is 1.10 bits per heavy atom. The molecule has 2 aliphatic rings. The number of Topliss-reactive ketones (excluding diaryl/α,β-unsaturated/α-hetero) is 1. The summed E-state index contributed by atoms with van der Waals surface area (Å²) in [6.07, 6.45) is 7.25. The van der Waals surface area contributed by atoms with Crippen LogP contribution in [0.4, 0.5) is 5.00 Å². The maximum atomic E-state index is 13.4. The van der Waals surface area contributed by atoms with E-state index in [4.69, 9.17) is 5.26 Å². The van der Waals surface area contributed by atoms with E-state index in [0.29, 0.717) is 11.3 Å². The van der Waals surface area contributed by atoms with Crippen molar-refractivity contribution in [3.8, 4) is 0 Å². The molecule has 0 bridgehead atoms. The van der Waals surface area contributed by atoms with Crippen molar-refractivity contribution in [2.45, 2.75) is 44.5 Å². The minimum absolute atomic E-state index is 0.0139. The van der Waals surface area contributed by atoms with Crippen LogP contribution >= 0.6 is 57.8 Å². The van der Waals surface area contributed by atoms with Gasteiger partial charge in [-0.2, -0.15) is 0 Å². The minimum atomic E-state index is -0.503. The molecular formula is C29H33N2O5S5+. The molecule has 3 aromatic heterocycles. The van der Waals surface area contributed by atoms with Gasteiger partial charge in [0.1, 0.15) is 12.3 Å². The Hall–Kier alpha value is -1.90. The summed E-state index contributed by atoms with van der Waals surface area (Å²) in [4.78, 5) is 19.1. The lowest BCUT2D eigenvalue weighted by Crippen LogP contribution is -2.36. The van der Waals surface area contributed by atoms with E-state index in [1.165, 1.54) is 26.1 Å². The number of allylic oxidation sites excluding steroid dienone is 2. The second kappa shape index (κ2) is 15.0. The topological polar surface area (TPSA) is 82.2 Å². The molecule has 1 aliphatic carbocycles. The van der Waals surface area contributed by atoms with Crippen molar-refractivity contribution in [3.63, 3.8) is 0 Å². The highest BCUT2D eigenvalue weighted by Crippen LogP contribution is 2.47. The van der Waals surface area contributed by atoms with Gasteiger partial charge in [-0.15, -0.1) is 38.3 Å². The van der Waals surface area contributed by atoms with Crippen LogP contribution in [0.3, 0.4) is 0 Å². The van der Waals surface area contributed by atoms with E-state index in [2.05, 4.69) is 66.9 Å². The summed E-state index contributed by atoms with van der Waals surface area (Å²) in [5.41, 5.74) is 0.454. The number of thioether (sulfide) groups is 1. The lowest BCUT2D eigenvalue weighted by atomic mass is 9.79. The van der Waals surface area contributed by atoms with Crippen LogP contribution in [0.25, 0.3) is 5.57 Å². The van der Waals surface area contributed by atoms with Crippen LogP contribution in [0, 0.1) is 5.92 Å². The Morgan fingerprint density at radius 2 is 1.90 bits per heavy atom. The maximum absolute atomic E-state index is 13.4. The number of aliphatic hydroxyl groups is 1. The van der Waals surface area contributed by atoms with Crippen LogP contribution in [-0.4, -0.2) is 49.9 Å². The number of nitrogens with zero attached hydrogens (tertiary/aromatic N) is 2. The third-order valence-electron chi connectivity index (χ3n) is 6.92. The molecule has 7 nitrogen and oxygen atoms in total. The lowest BCUT2D eigenvalue weighted by molar-refractivity contribution is -0.540. The highest BCUT2D eigenvalue weighted by Gasteiger charge is 2.47. The zero-order valence-corrected chi connectivity index (χ0v) is 26.7. The molecule has 0 saturated carbocycles. The summed E-state index contributed by atoms with van der Waals surface area (Å²) < 4.78 is 6.90. The standard InChI is InChI=1S/C29H32N2O5S5/c1-2-3-13-30(18-20-7-4-15-37-20)24-11-9-22(40-24)26-28(32)27(29(26)33)23-10-12-25(41-23)31(14-6-17-39-36-35-34)19-21-8-5-16-38-21/h4-5,7-12,15-16,22,26H,2-3,6,13-14,17-19H2,1H3,(H-,32,34)/p+1. The molecular weight excluding hydrogens is 617 g/mol. The number of carbonyl (C=O) groups excluding carboxylic acids is 1. The van der Waals surface area contributed by atoms with Gasteiger partial charge in [0, 0.05) is 46.6 Å². The summed E-state index contributed by atoms with van der Waals surface area (Å²) in [7, 11) is 0. The van der Waals surface area contributed by atoms with E-state index in [0.717, 1.165) is 67.4 Å². The third-order valence-corrected chi connectivity index (χ3v) is 11.8. The first-order valence-corrected chi connectivity index (χ1v) is 17.9. The fourth-order valence-corrected chi connectivity index (χ4v) is 9.03. The Kier molecular flexibility index (Phi) is 11.2. The molecule has 0 saturated heterocycles. The molecule has 0 amide bonds. The number of unbranched alkanes of at least 4 members (excludes halogenated alkanes) is 1. The molecule has 0 fully saturated rings. The van der Waals surface area contributed by atoms with Gasteiger partial charge in [0.15, 0.2) is 12.3 Å². The van der Waals surface area contributed by atoms with Gasteiger partial charge in [0.05, 0.1) is 33.2 Å². The van der Waals surface area contributed by atoms with Crippen LogP contribution in [0.5, 0.6) is 0 Å². The Bertz CT molecular complexity index is 1380. The number of anilines is 1. The molecule has 3 aromatic rings. The first kappa shape index (κ1) is 30.6. The smallest absolute Gasteiger partial charge is 0.235 e. The highest BCUT2D eigenvalue weighted by atomic mass is 32.2. The average molecular weight is 650 g/mol. The van der Waals surface area contributed by atoms with Crippen molar-refractivity contribution in [1.82, 2.24) is 0 Å². The van der Waals surface area contributed by atoms with Crippen molar-refractivity contribution >= 4 is 79.2 Å². The fourth-order valence-electron chi connectivity index (χ4n) is 4.86. The van der Waals surface area contributed by atoms with Crippen LogP contribution < -0.4 is 4.90 Å². The number of hydrogen-bond acceptors (Lipinski definition) is 11. The lowest BCUT2D eigenvalue weighted by Gasteiger charge is -2.30. The van der Waals surface area contributed by atoms with E-state index in [9.17, 15) is 9.90 Å². The normalized spacial score (nSPS) is 19.7. The van der Waals surface area contributed by atoms with Crippen molar-refractivity contribution < 1.29 is 29.1 Å². The van der Waals surface area contributed by atoms with Gasteiger partial charge in [-0.05, 0) is 53.2 Å². The highest BCUT2D eigenvalue weighted by molar-refractivity contribution is 8.15. The van der Waals surface area contributed by atoms with E-state index in [-0.39, 0.29) is 16.8 Å². The molecule has 4 heterocycles. The van der Waals surface area contributed by atoms with Crippen molar-refractivity contribution in [2.24, 2.45) is 5.92 Å². The number of carbonyl (C=O) groups is 1. The first-order valence-electron chi connectivity index (χ1n) is 13.5. The third kappa shape index (κ3) is 7.55. The minimum Gasteiger partial charge on any atom is -0.511 e. The monoisotopic (exact) mass is 649 g/mol. The SMILES string of the molecule is CCCC[N+](Cc1cccs1)=C1C=CC(C2C(=O)C(c3ccc(N(CCCSOOO)Cc4cccs4)s3)=C2O)S1. The van der Waals surface area contributed by atoms with Gasteiger partial charge in [-0.25, -0.2) is 9.83 Å². The zero-order valence-electron chi connectivity index (χ0n) is 22.6. The molecule has 2 N–H and O–H groups in total. The molecule has 1 aliphatic heterocycles.